The number of nitrogens with two attached hydrogens (primary N) is 1. The maximum absolute atomic E-state index is 5.84. The lowest BCUT2D eigenvalue weighted by Gasteiger charge is -2.03. The molecular weight excluding hydrogens is 198 g/mol. The molecule has 0 amide bonds. The van der Waals surface area contributed by atoms with Crippen LogP contribution in [0.2, 0.25) is 5.02 Å². The predicted molar refractivity (Wildman–Crippen MR) is 57.7 cm³/mol. The Kier molecular flexibility index (Phi) is 2.17. The first-order valence-corrected chi connectivity index (χ1v) is 4.62. The van der Waals surface area contributed by atoms with Crippen molar-refractivity contribution in [2.75, 3.05) is 5.73 Å². The van der Waals surface area contributed by atoms with E-state index in [4.69, 9.17) is 17.3 Å². The first-order valence-electron chi connectivity index (χ1n) is 4.24. The summed E-state index contributed by atoms with van der Waals surface area (Å²) in [5, 5.41) is 4.87. The van der Waals surface area contributed by atoms with Gasteiger partial charge in [-0.25, -0.2) is 4.68 Å². The summed E-state index contributed by atoms with van der Waals surface area (Å²) >= 11 is 5.78. The van der Waals surface area contributed by atoms with Crippen LogP contribution in [-0.2, 0) is 0 Å². The molecule has 14 heavy (non-hydrogen) atoms. The second kappa shape index (κ2) is 3.35. The average Bonchev–Trinajstić information content (AvgIpc) is 2.50. The maximum Gasteiger partial charge on any atom is 0.130 e. The minimum Gasteiger partial charge on any atom is -0.383 e. The number of aromatic nitrogens is 2. The van der Waals surface area contributed by atoms with Crippen LogP contribution in [0, 0.1) is 6.92 Å². The monoisotopic (exact) mass is 207 g/mol. The molecule has 1 heterocycles. The van der Waals surface area contributed by atoms with Gasteiger partial charge in [0.1, 0.15) is 5.82 Å². The van der Waals surface area contributed by atoms with Gasteiger partial charge in [0.05, 0.1) is 11.9 Å². The van der Waals surface area contributed by atoms with Gasteiger partial charge >= 0.3 is 0 Å². The van der Waals surface area contributed by atoms with Crippen LogP contribution >= 0.6 is 11.6 Å². The molecule has 0 aliphatic heterocycles. The van der Waals surface area contributed by atoms with Gasteiger partial charge in [-0.3, -0.25) is 0 Å². The molecule has 0 unspecified atom stereocenters. The molecule has 72 valence electrons. The normalized spacial score (nSPS) is 10.4. The molecule has 0 aliphatic rings. The topological polar surface area (TPSA) is 43.8 Å². The highest BCUT2D eigenvalue weighted by molar-refractivity contribution is 6.30. The zero-order valence-corrected chi connectivity index (χ0v) is 8.49. The Morgan fingerprint density at radius 1 is 1.29 bits per heavy atom. The van der Waals surface area contributed by atoms with Crippen molar-refractivity contribution in [3.63, 3.8) is 0 Å². The molecule has 0 saturated carbocycles. The summed E-state index contributed by atoms with van der Waals surface area (Å²) in [5.74, 6) is 0.660. The molecule has 3 nitrogen and oxygen atoms in total. The number of hydrogen-bond donors (Lipinski definition) is 1. The zero-order chi connectivity index (χ0) is 10.1. The van der Waals surface area contributed by atoms with Gasteiger partial charge in [0.15, 0.2) is 0 Å². The molecule has 1 aromatic carbocycles. The molecule has 2 rings (SSSR count). The van der Waals surface area contributed by atoms with Crippen molar-refractivity contribution in [3.8, 4) is 5.69 Å². The van der Waals surface area contributed by atoms with E-state index in [1.54, 1.807) is 10.9 Å². The lowest BCUT2D eigenvalue weighted by atomic mass is 10.3. The van der Waals surface area contributed by atoms with Crippen LogP contribution in [0.1, 0.15) is 5.56 Å². The van der Waals surface area contributed by atoms with Crippen LogP contribution in [0.4, 0.5) is 5.82 Å². The van der Waals surface area contributed by atoms with Crippen LogP contribution in [0.3, 0.4) is 0 Å². The fourth-order valence-electron chi connectivity index (χ4n) is 1.23. The van der Waals surface area contributed by atoms with E-state index in [1.807, 2.05) is 31.2 Å². The van der Waals surface area contributed by atoms with Gasteiger partial charge in [-0.1, -0.05) is 11.6 Å². The lowest BCUT2D eigenvalue weighted by molar-refractivity contribution is 0.891. The third-order valence-electron chi connectivity index (χ3n) is 2.07. The molecule has 1 aromatic heterocycles. The van der Waals surface area contributed by atoms with Crippen LogP contribution in [0.5, 0.6) is 0 Å². The minimum atomic E-state index is 0.660. The van der Waals surface area contributed by atoms with Crippen molar-refractivity contribution in [2.45, 2.75) is 6.92 Å². The van der Waals surface area contributed by atoms with Crippen LogP contribution in [0.25, 0.3) is 5.69 Å². The number of rotatable bonds is 1. The second-order valence-corrected chi connectivity index (χ2v) is 3.54. The number of benzene rings is 1. The van der Waals surface area contributed by atoms with Gasteiger partial charge in [-0.05, 0) is 31.2 Å². The summed E-state index contributed by atoms with van der Waals surface area (Å²) in [6.45, 7) is 1.93. The third kappa shape index (κ3) is 1.46. The molecule has 0 fully saturated rings. The van der Waals surface area contributed by atoms with Crippen LogP contribution in [-0.4, -0.2) is 9.78 Å². The molecule has 0 saturated heterocycles. The quantitative estimate of drug-likeness (QED) is 0.781. The SMILES string of the molecule is Cc1cnn(-c2ccc(Cl)cc2)c1N. The number of hydrogen-bond acceptors (Lipinski definition) is 2. The summed E-state index contributed by atoms with van der Waals surface area (Å²) < 4.78 is 1.69. The lowest BCUT2D eigenvalue weighted by Crippen LogP contribution is -2.01. The Morgan fingerprint density at radius 3 is 2.43 bits per heavy atom. The van der Waals surface area contributed by atoms with E-state index in [1.165, 1.54) is 0 Å². The minimum absolute atomic E-state index is 0.660. The van der Waals surface area contributed by atoms with Gasteiger partial charge in [0.25, 0.3) is 0 Å². The van der Waals surface area contributed by atoms with E-state index < -0.39 is 0 Å². The summed E-state index contributed by atoms with van der Waals surface area (Å²) in [7, 11) is 0. The maximum atomic E-state index is 5.84. The van der Waals surface area contributed by atoms with Crippen molar-refractivity contribution in [1.82, 2.24) is 9.78 Å². The van der Waals surface area contributed by atoms with E-state index >= 15 is 0 Å². The van der Waals surface area contributed by atoms with E-state index in [9.17, 15) is 0 Å². The summed E-state index contributed by atoms with van der Waals surface area (Å²) in [5.41, 5.74) is 7.73. The Hall–Kier alpha value is -1.48. The van der Waals surface area contributed by atoms with E-state index in [0.29, 0.717) is 10.8 Å². The first-order chi connectivity index (χ1) is 6.68. The molecular formula is C10H10ClN3. The number of anilines is 1. The van der Waals surface area contributed by atoms with Crippen LogP contribution < -0.4 is 5.73 Å². The van der Waals surface area contributed by atoms with Gasteiger partial charge in [-0.2, -0.15) is 5.10 Å². The van der Waals surface area contributed by atoms with Crippen molar-refractivity contribution in [2.24, 2.45) is 0 Å². The molecule has 2 aromatic rings. The summed E-state index contributed by atoms with van der Waals surface area (Å²) in [6.07, 6.45) is 1.74. The van der Waals surface area contributed by atoms with E-state index in [-0.39, 0.29) is 0 Å². The second-order valence-electron chi connectivity index (χ2n) is 3.10. The van der Waals surface area contributed by atoms with Gasteiger partial charge < -0.3 is 5.73 Å². The van der Waals surface area contributed by atoms with Crippen molar-refractivity contribution in [1.29, 1.82) is 0 Å². The number of halogens is 1. The largest absolute Gasteiger partial charge is 0.383 e. The Morgan fingerprint density at radius 2 is 1.93 bits per heavy atom. The fraction of sp³-hybridized carbons (Fsp3) is 0.100. The number of nitrogen functional groups attached to an aromatic ring is 1. The van der Waals surface area contributed by atoms with Gasteiger partial charge in [-0.15, -0.1) is 0 Å². The molecule has 4 heteroatoms. The predicted octanol–water partition coefficient (Wildman–Crippen LogP) is 2.42. The summed E-state index contributed by atoms with van der Waals surface area (Å²) in [6, 6.07) is 7.39. The van der Waals surface area contributed by atoms with E-state index in [2.05, 4.69) is 5.10 Å². The highest BCUT2D eigenvalue weighted by atomic mass is 35.5. The zero-order valence-electron chi connectivity index (χ0n) is 7.74. The van der Waals surface area contributed by atoms with E-state index in [0.717, 1.165) is 11.3 Å². The van der Waals surface area contributed by atoms with Crippen LogP contribution in [0.15, 0.2) is 30.5 Å². The average molecular weight is 208 g/mol. The van der Waals surface area contributed by atoms with Crippen molar-refractivity contribution < 1.29 is 0 Å². The molecule has 0 aliphatic carbocycles. The summed E-state index contributed by atoms with van der Waals surface area (Å²) in [4.78, 5) is 0. The van der Waals surface area contributed by atoms with Gasteiger partial charge in [0, 0.05) is 10.6 Å². The Bertz CT molecular complexity index is 445. The highest BCUT2D eigenvalue weighted by Gasteiger charge is 2.04. The number of aryl methyl sites for hydroxylation is 1. The number of nitrogens with zero attached hydrogens (tertiary/aromatic N) is 2. The molecule has 0 spiro atoms. The standard InChI is InChI=1S/C10H10ClN3/c1-7-6-13-14(10(7)12)9-4-2-8(11)3-5-9/h2-6H,12H2,1H3. The van der Waals surface area contributed by atoms with Crippen molar-refractivity contribution in [3.05, 3.63) is 41.0 Å². The molecule has 0 atom stereocenters. The van der Waals surface area contributed by atoms with Crippen molar-refractivity contribution >= 4 is 17.4 Å². The molecule has 0 radical (unpaired) electrons. The smallest absolute Gasteiger partial charge is 0.130 e. The molecule has 0 bridgehead atoms. The highest BCUT2D eigenvalue weighted by Crippen LogP contribution is 2.17. The van der Waals surface area contributed by atoms with Gasteiger partial charge in [0.2, 0.25) is 0 Å². The Balaban J connectivity index is 2.49. The third-order valence-corrected chi connectivity index (χ3v) is 2.32. The Labute approximate surface area is 87.1 Å². The first kappa shape index (κ1) is 9.09. The molecule has 2 N–H and O–H groups in total. The fourth-order valence-corrected chi connectivity index (χ4v) is 1.35.